The Morgan fingerprint density at radius 3 is 2.38 bits per heavy atom. The van der Waals surface area contributed by atoms with Crippen molar-refractivity contribution in [3.05, 3.63) is 76.5 Å². The predicted molar refractivity (Wildman–Crippen MR) is 140 cm³/mol. The number of esters is 2. The number of rotatable bonds is 7. The highest BCUT2D eigenvalue weighted by Gasteiger charge is 2.53. The molecular weight excluding hydrogens is 470 g/mol. The monoisotopic (exact) mass is 503 g/mol. The molecule has 0 spiro atoms. The van der Waals surface area contributed by atoms with Gasteiger partial charge in [0.25, 0.3) is 0 Å². The summed E-state index contributed by atoms with van der Waals surface area (Å²) in [5.74, 6) is -3.60. The molecule has 1 aliphatic heterocycles. The largest absolute Gasteiger partial charge is 0.497 e. The smallest absolute Gasteiger partial charge is 0.336 e. The third-order valence-electron chi connectivity index (χ3n) is 7.23. The fraction of sp³-hybridized carbons (Fsp3) is 0.400. The number of methoxy groups -OCH3 is 1. The minimum absolute atomic E-state index is 0.160. The van der Waals surface area contributed by atoms with Gasteiger partial charge in [0, 0.05) is 23.2 Å². The normalized spacial score (nSPS) is 23.2. The Balaban J connectivity index is 1.91. The van der Waals surface area contributed by atoms with Gasteiger partial charge in [0.1, 0.15) is 11.7 Å². The van der Waals surface area contributed by atoms with E-state index in [0.29, 0.717) is 29.2 Å². The van der Waals surface area contributed by atoms with E-state index < -0.39 is 35.6 Å². The summed E-state index contributed by atoms with van der Waals surface area (Å²) in [6, 6.07) is 15.1. The average molecular weight is 504 g/mol. The number of aryl methyl sites for hydroxylation is 1. The average Bonchev–Trinajstić information content (AvgIpc) is 2.88. The van der Waals surface area contributed by atoms with Gasteiger partial charge in [-0.25, -0.2) is 4.79 Å². The standard InChI is InChI=1S/C30H33NO6/c1-6-36-29(33)24-18(4)31-23-16-22(19-12-10-13-20(15-19)35-5)26(30(34)37-7-2)28(32)27(23)25(24)21-14-9-8-11-17(21)3/h8-15,22,25-27H,6-7,16H2,1-5H3/t22-,25+,26-,27?/m0/s1. The van der Waals surface area contributed by atoms with E-state index in [1.165, 1.54) is 0 Å². The van der Waals surface area contributed by atoms with Crippen LogP contribution in [0, 0.1) is 18.8 Å². The summed E-state index contributed by atoms with van der Waals surface area (Å²) in [5, 5.41) is 0. The highest BCUT2D eigenvalue weighted by Crippen LogP contribution is 2.49. The molecule has 4 atom stereocenters. The van der Waals surface area contributed by atoms with Crippen molar-refractivity contribution in [2.75, 3.05) is 20.3 Å². The molecule has 194 valence electrons. The van der Waals surface area contributed by atoms with Gasteiger partial charge in [-0.3, -0.25) is 14.6 Å². The third kappa shape index (κ3) is 4.95. The molecule has 1 fully saturated rings. The fourth-order valence-electron chi connectivity index (χ4n) is 5.61. The first-order chi connectivity index (χ1) is 17.8. The molecule has 1 unspecified atom stereocenters. The number of carbonyl (C=O) groups is 3. The Morgan fingerprint density at radius 1 is 0.973 bits per heavy atom. The van der Waals surface area contributed by atoms with E-state index in [-0.39, 0.29) is 19.0 Å². The van der Waals surface area contributed by atoms with E-state index in [1.54, 1.807) is 27.9 Å². The first-order valence-corrected chi connectivity index (χ1v) is 12.7. The lowest BCUT2D eigenvalue weighted by atomic mass is 9.62. The van der Waals surface area contributed by atoms with Crippen LogP contribution in [0.5, 0.6) is 5.75 Å². The van der Waals surface area contributed by atoms with Crippen molar-refractivity contribution in [3.8, 4) is 5.75 Å². The molecule has 7 heteroatoms. The van der Waals surface area contributed by atoms with Crippen LogP contribution in [0.25, 0.3) is 0 Å². The number of Topliss-reactive ketones (excluding diaryl/α,β-unsaturated/α-hetero) is 1. The maximum atomic E-state index is 14.4. The number of benzene rings is 2. The Morgan fingerprint density at radius 2 is 1.70 bits per heavy atom. The topological polar surface area (TPSA) is 91.3 Å². The van der Waals surface area contributed by atoms with Crippen molar-refractivity contribution < 1.29 is 28.6 Å². The van der Waals surface area contributed by atoms with Crippen LogP contribution in [0.2, 0.25) is 0 Å². The van der Waals surface area contributed by atoms with Crippen LogP contribution in [-0.4, -0.2) is 43.8 Å². The lowest BCUT2D eigenvalue weighted by molar-refractivity contribution is -0.153. The molecule has 4 rings (SSSR count). The van der Waals surface area contributed by atoms with Crippen molar-refractivity contribution in [1.82, 2.24) is 0 Å². The first-order valence-electron chi connectivity index (χ1n) is 12.7. The minimum Gasteiger partial charge on any atom is -0.497 e. The number of fused-ring (bicyclic) bond motifs is 1. The van der Waals surface area contributed by atoms with E-state index in [1.807, 2.05) is 55.5 Å². The number of carbonyl (C=O) groups excluding carboxylic acids is 3. The van der Waals surface area contributed by atoms with Crippen LogP contribution >= 0.6 is 0 Å². The second-order valence-corrected chi connectivity index (χ2v) is 9.35. The lowest BCUT2D eigenvalue weighted by Gasteiger charge is -2.41. The van der Waals surface area contributed by atoms with Gasteiger partial charge in [-0.05, 0) is 62.9 Å². The summed E-state index contributed by atoms with van der Waals surface area (Å²) in [7, 11) is 1.58. The van der Waals surface area contributed by atoms with E-state index in [2.05, 4.69) is 0 Å². The van der Waals surface area contributed by atoms with Gasteiger partial charge in [-0.15, -0.1) is 0 Å². The van der Waals surface area contributed by atoms with E-state index in [4.69, 9.17) is 19.2 Å². The maximum absolute atomic E-state index is 14.4. The number of hydrogen-bond donors (Lipinski definition) is 0. The number of allylic oxidation sites excluding steroid dienone is 1. The van der Waals surface area contributed by atoms with Crippen molar-refractivity contribution in [3.63, 3.8) is 0 Å². The zero-order valence-electron chi connectivity index (χ0n) is 21.9. The van der Waals surface area contributed by atoms with Gasteiger partial charge in [-0.1, -0.05) is 36.4 Å². The van der Waals surface area contributed by atoms with E-state index in [9.17, 15) is 14.4 Å². The Labute approximate surface area is 217 Å². The number of ether oxygens (including phenoxy) is 3. The van der Waals surface area contributed by atoms with Crippen LogP contribution in [0.15, 0.2) is 64.8 Å². The molecule has 0 amide bonds. The molecule has 0 N–H and O–H groups in total. The van der Waals surface area contributed by atoms with Crippen LogP contribution in [-0.2, 0) is 23.9 Å². The molecule has 1 aliphatic carbocycles. The molecule has 2 aromatic rings. The van der Waals surface area contributed by atoms with Crippen molar-refractivity contribution in [1.29, 1.82) is 0 Å². The first kappa shape index (κ1) is 26.3. The number of nitrogens with zero attached hydrogens (tertiary/aromatic N) is 1. The summed E-state index contributed by atoms with van der Waals surface area (Å²) in [4.78, 5) is 45.6. The van der Waals surface area contributed by atoms with Gasteiger partial charge in [0.15, 0.2) is 5.78 Å². The number of aliphatic imine (C=N–C) groups is 1. The zero-order valence-corrected chi connectivity index (χ0v) is 21.9. The Hall–Kier alpha value is -3.74. The summed E-state index contributed by atoms with van der Waals surface area (Å²) < 4.78 is 16.2. The molecular formula is C30H33NO6. The van der Waals surface area contributed by atoms with Crippen molar-refractivity contribution >= 4 is 23.4 Å². The second kappa shape index (κ2) is 11.1. The molecule has 0 bridgehead atoms. The fourth-order valence-corrected chi connectivity index (χ4v) is 5.61. The molecule has 1 saturated carbocycles. The summed E-state index contributed by atoms with van der Waals surface area (Å²) >= 11 is 0. The molecule has 2 aliphatic rings. The molecule has 2 aromatic carbocycles. The van der Waals surface area contributed by atoms with Crippen LogP contribution < -0.4 is 4.74 Å². The van der Waals surface area contributed by atoms with E-state index >= 15 is 0 Å². The summed E-state index contributed by atoms with van der Waals surface area (Å²) in [6.45, 7) is 7.56. The Kier molecular flexibility index (Phi) is 7.91. The summed E-state index contributed by atoms with van der Waals surface area (Å²) in [5.41, 5.74) is 4.15. The van der Waals surface area contributed by atoms with Crippen molar-refractivity contribution in [2.45, 2.75) is 46.0 Å². The van der Waals surface area contributed by atoms with E-state index in [0.717, 1.165) is 16.7 Å². The number of hydrogen-bond acceptors (Lipinski definition) is 7. The molecule has 0 aromatic heterocycles. The van der Waals surface area contributed by atoms with Gasteiger partial charge < -0.3 is 14.2 Å². The zero-order chi connectivity index (χ0) is 26.7. The van der Waals surface area contributed by atoms with Gasteiger partial charge >= 0.3 is 11.9 Å². The van der Waals surface area contributed by atoms with Gasteiger partial charge in [0.05, 0.1) is 31.8 Å². The lowest BCUT2D eigenvalue weighted by Crippen LogP contribution is -2.49. The van der Waals surface area contributed by atoms with Gasteiger partial charge in [0.2, 0.25) is 0 Å². The van der Waals surface area contributed by atoms with Crippen LogP contribution in [0.1, 0.15) is 55.7 Å². The predicted octanol–water partition coefficient (Wildman–Crippen LogP) is 4.93. The van der Waals surface area contributed by atoms with Crippen LogP contribution in [0.3, 0.4) is 0 Å². The highest BCUT2D eigenvalue weighted by molar-refractivity contribution is 6.17. The highest BCUT2D eigenvalue weighted by atomic mass is 16.5. The second-order valence-electron chi connectivity index (χ2n) is 9.35. The molecule has 0 saturated heterocycles. The molecule has 1 heterocycles. The maximum Gasteiger partial charge on any atom is 0.336 e. The molecule has 7 nitrogen and oxygen atoms in total. The van der Waals surface area contributed by atoms with Crippen molar-refractivity contribution in [2.24, 2.45) is 16.8 Å². The summed E-state index contributed by atoms with van der Waals surface area (Å²) in [6.07, 6.45) is 0.378. The SMILES string of the molecule is CCOC(=O)C1=C(C)N=C2C[C@@H](c3cccc(OC)c3)[C@H](C(=O)OCC)C(=O)C2[C@@H]1c1ccccc1C. The molecule has 37 heavy (non-hydrogen) atoms. The third-order valence-corrected chi connectivity index (χ3v) is 7.23. The van der Waals surface area contributed by atoms with Crippen LogP contribution in [0.4, 0.5) is 0 Å². The number of ketones is 1. The quantitative estimate of drug-likeness (QED) is 0.393. The van der Waals surface area contributed by atoms with Gasteiger partial charge in [-0.2, -0.15) is 0 Å². The molecule has 0 radical (unpaired) electrons. The minimum atomic E-state index is -1.04. The Bertz CT molecular complexity index is 1280.